The van der Waals surface area contributed by atoms with Gasteiger partial charge in [0.05, 0.1) is 33.8 Å². The van der Waals surface area contributed by atoms with E-state index < -0.39 is 0 Å². The molecule has 5 nitrogen and oxygen atoms in total. The number of hydrogen-bond acceptors (Lipinski definition) is 5. The molecule has 0 amide bonds. The number of hydrogen-bond donors (Lipinski definition) is 1. The maximum Gasteiger partial charge on any atom is 0.0935 e. The van der Waals surface area contributed by atoms with Crippen molar-refractivity contribution in [1.82, 2.24) is 20.2 Å². The summed E-state index contributed by atoms with van der Waals surface area (Å²) in [4.78, 5) is 15.6. The largest absolute Gasteiger partial charge is 0.375 e. The quantitative estimate of drug-likeness (QED) is 0.723. The van der Waals surface area contributed by atoms with Gasteiger partial charge in [-0.3, -0.25) is 15.0 Å². The van der Waals surface area contributed by atoms with E-state index in [0.717, 1.165) is 54.9 Å². The predicted molar refractivity (Wildman–Crippen MR) is 125 cm³/mol. The first kappa shape index (κ1) is 22.6. The number of aromatic nitrogens is 2. The SMILES string of the molecule is C=C(Cc1nccnc1C)N1CCC(C2CN=C(C)N2)CC1.Clc1ccccc1Cl. The summed E-state index contributed by atoms with van der Waals surface area (Å²) >= 11 is 11.2. The Morgan fingerprint density at radius 3 is 2.27 bits per heavy atom. The number of piperidine rings is 1. The topological polar surface area (TPSA) is 53.4 Å². The second-order valence-corrected chi connectivity index (χ2v) is 8.56. The molecule has 1 aromatic carbocycles. The summed E-state index contributed by atoms with van der Waals surface area (Å²) < 4.78 is 0. The van der Waals surface area contributed by atoms with E-state index in [4.69, 9.17) is 23.2 Å². The Kier molecular flexibility index (Phi) is 8.11. The molecule has 7 heteroatoms. The zero-order chi connectivity index (χ0) is 21.5. The molecular weight excluding hydrogens is 417 g/mol. The zero-order valence-corrected chi connectivity index (χ0v) is 19.1. The van der Waals surface area contributed by atoms with Gasteiger partial charge in [0, 0.05) is 43.6 Å². The Hall–Kier alpha value is -2.11. The molecule has 1 saturated heterocycles. The van der Waals surface area contributed by atoms with E-state index in [1.165, 1.54) is 12.8 Å². The van der Waals surface area contributed by atoms with Gasteiger partial charge in [0.25, 0.3) is 0 Å². The van der Waals surface area contributed by atoms with Crippen LogP contribution in [0, 0.1) is 12.8 Å². The van der Waals surface area contributed by atoms with Crippen molar-refractivity contribution < 1.29 is 0 Å². The van der Waals surface area contributed by atoms with Crippen LogP contribution >= 0.6 is 23.2 Å². The summed E-state index contributed by atoms with van der Waals surface area (Å²) in [6.45, 7) is 11.4. The van der Waals surface area contributed by atoms with Gasteiger partial charge in [-0.15, -0.1) is 0 Å². The molecule has 1 aromatic heterocycles. The number of benzene rings is 1. The fraction of sp³-hybridized carbons (Fsp3) is 0.435. The third-order valence-corrected chi connectivity index (χ3v) is 6.41. The molecule has 0 aliphatic carbocycles. The standard InChI is InChI=1S/C17H25N5.C6H4Cl2/c1-12(10-16-13(2)18-6-7-19-16)22-8-4-15(5-9-22)17-11-20-14(3)21-17;7-5-3-1-2-4-6(5)8/h6-7,15,17H,1,4-5,8-11H2,2-3H3,(H,20,21);1-4H. The third kappa shape index (κ3) is 6.19. The third-order valence-electron chi connectivity index (χ3n) is 5.65. The summed E-state index contributed by atoms with van der Waals surface area (Å²) in [5.41, 5.74) is 3.20. The average molecular weight is 446 g/mol. The van der Waals surface area contributed by atoms with Crippen molar-refractivity contribution in [1.29, 1.82) is 0 Å². The molecule has 2 aliphatic heterocycles. The van der Waals surface area contributed by atoms with Crippen molar-refractivity contribution in [2.24, 2.45) is 10.9 Å². The second-order valence-electron chi connectivity index (χ2n) is 7.75. The number of allylic oxidation sites excluding steroid dienone is 1. The van der Waals surface area contributed by atoms with Crippen LogP contribution in [0.15, 0.2) is 53.9 Å². The molecule has 0 saturated carbocycles. The molecule has 4 rings (SSSR count). The predicted octanol–water partition coefficient (Wildman–Crippen LogP) is 4.94. The number of nitrogens with zero attached hydrogens (tertiary/aromatic N) is 4. The minimum absolute atomic E-state index is 0.539. The lowest BCUT2D eigenvalue weighted by Crippen LogP contribution is -2.43. The number of aryl methyl sites for hydroxylation is 1. The molecule has 3 heterocycles. The summed E-state index contributed by atoms with van der Waals surface area (Å²) in [5, 5.41) is 4.72. The highest BCUT2D eigenvalue weighted by Gasteiger charge is 2.29. The molecule has 1 atom stereocenters. The number of halogens is 2. The van der Waals surface area contributed by atoms with Crippen molar-refractivity contribution in [2.45, 2.75) is 39.2 Å². The molecule has 0 radical (unpaired) electrons. The normalized spacial score (nSPS) is 18.9. The van der Waals surface area contributed by atoms with Crippen LogP contribution in [0.25, 0.3) is 0 Å². The van der Waals surface area contributed by atoms with Gasteiger partial charge in [-0.25, -0.2) is 0 Å². The Morgan fingerprint density at radius 1 is 1.10 bits per heavy atom. The van der Waals surface area contributed by atoms with Gasteiger partial charge in [0.15, 0.2) is 0 Å². The lowest BCUT2D eigenvalue weighted by molar-refractivity contribution is 0.200. The summed E-state index contributed by atoms with van der Waals surface area (Å²) in [7, 11) is 0. The zero-order valence-electron chi connectivity index (χ0n) is 17.6. The lowest BCUT2D eigenvalue weighted by Gasteiger charge is -2.37. The highest BCUT2D eigenvalue weighted by molar-refractivity contribution is 6.41. The highest BCUT2D eigenvalue weighted by Crippen LogP contribution is 2.25. The van der Waals surface area contributed by atoms with Gasteiger partial charge in [0.1, 0.15) is 0 Å². The molecule has 1 unspecified atom stereocenters. The van der Waals surface area contributed by atoms with Gasteiger partial charge < -0.3 is 10.2 Å². The van der Waals surface area contributed by atoms with E-state index in [-0.39, 0.29) is 0 Å². The molecule has 0 bridgehead atoms. The molecule has 160 valence electrons. The van der Waals surface area contributed by atoms with Crippen LogP contribution in [0.3, 0.4) is 0 Å². The Balaban J connectivity index is 0.000000269. The minimum Gasteiger partial charge on any atom is -0.375 e. The van der Waals surface area contributed by atoms with Gasteiger partial charge in [-0.1, -0.05) is 41.9 Å². The van der Waals surface area contributed by atoms with Gasteiger partial charge >= 0.3 is 0 Å². The summed E-state index contributed by atoms with van der Waals surface area (Å²) in [5.74, 6) is 1.82. The average Bonchev–Trinajstić information content (AvgIpc) is 3.19. The molecule has 2 aliphatic rings. The first-order valence-corrected chi connectivity index (χ1v) is 11.1. The van der Waals surface area contributed by atoms with Crippen LogP contribution in [-0.4, -0.2) is 46.4 Å². The molecular formula is C23H29Cl2N5. The molecule has 30 heavy (non-hydrogen) atoms. The van der Waals surface area contributed by atoms with Crippen LogP contribution in [-0.2, 0) is 6.42 Å². The maximum atomic E-state index is 5.58. The molecule has 1 fully saturated rings. The number of rotatable bonds is 4. The monoisotopic (exact) mass is 445 g/mol. The maximum absolute atomic E-state index is 5.58. The Bertz CT molecular complexity index is 870. The Morgan fingerprint density at radius 2 is 1.73 bits per heavy atom. The fourth-order valence-electron chi connectivity index (χ4n) is 3.83. The summed E-state index contributed by atoms with van der Waals surface area (Å²) in [6, 6.07) is 7.73. The molecule has 1 N–H and O–H groups in total. The van der Waals surface area contributed by atoms with Crippen molar-refractivity contribution in [3.05, 3.63) is 70.4 Å². The van der Waals surface area contributed by atoms with Crippen molar-refractivity contribution in [3.63, 3.8) is 0 Å². The van der Waals surface area contributed by atoms with Crippen molar-refractivity contribution in [3.8, 4) is 0 Å². The van der Waals surface area contributed by atoms with Crippen LogP contribution in [0.1, 0.15) is 31.2 Å². The minimum atomic E-state index is 0.539. The van der Waals surface area contributed by atoms with Gasteiger partial charge in [0.2, 0.25) is 0 Å². The highest BCUT2D eigenvalue weighted by atomic mass is 35.5. The van der Waals surface area contributed by atoms with Crippen molar-refractivity contribution >= 4 is 29.0 Å². The van der Waals surface area contributed by atoms with Crippen LogP contribution < -0.4 is 5.32 Å². The van der Waals surface area contributed by atoms with Crippen LogP contribution in [0.2, 0.25) is 10.0 Å². The molecule has 2 aromatic rings. The number of likely N-dealkylation sites (tertiary alicyclic amines) is 1. The van der Waals surface area contributed by atoms with Crippen LogP contribution in [0.5, 0.6) is 0 Å². The van der Waals surface area contributed by atoms with E-state index in [1.54, 1.807) is 24.5 Å². The first-order valence-electron chi connectivity index (χ1n) is 10.3. The lowest BCUT2D eigenvalue weighted by atomic mass is 9.89. The number of nitrogens with one attached hydrogen (secondary N) is 1. The number of amidine groups is 1. The Labute approximate surface area is 189 Å². The van der Waals surface area contributed by atoms with E-state index in [2.05, 4.69) is 38.7 Å². The fourth-order valence-corrected chi connectivity index (χ4v) is 4.11. The van der Waals surface area contributed by atoms with Crippen molar-refractivity contribution in [2.75, 3.05) is 19.6 Å². The first-order chi connectivity index (χ1) is 14.4. The second kappa shape index (κ2) is 10.8. The number of aliphatic imine (C=N–C) groups is 1. The molecule has 0 spiro atoms. The van der Waals surface area contributed by atoms with E-state index in [9.17, 15) is 0 Å². The van der Waals surface area contributed by atoms with E-state index >= 15 is 0 Å². The van der Waals surface area contributed by atoms with Gasteiger partial charge in [-0.05, 0) is 44.7 Å². The van der Waals surface area contributed by atoms with Crippen LogP contribution in [0.4, 0.5) is 0 Å². The van der Waals surface area contributed by atoms with E-state index in [0.29, 0.717) is 16.1 Å². The van der Waals surface area contributed by atoms with Gasteiger partial charge in [-0.2, -0.15) is 0 Å². The van der Waals surface area contributed by atoms with E-state index in [1.807, 2.05) is 19.1 Å². The smallest absolute Gasteiger partial charge is 0.0935 e. The summed E-state index contributed by atoms with van der Waals surface area (Å²) in [6.07, 6.45) is 6.72.